The molecule has 0 saturated carbocycles. The predicted molar refractivity (Wildman–Crippen MR) is 117 cm³/mol. The first-order valence-electron chi connectivity index (χ1n) is 8.80. The van der Waals surface area contributed by atoms with Crippen molar-refractivity contribution < 1.29 is 4.79 Å². The molecule has 0 spiro atoms. The second-order valence-electron chi connectivity index (χ2n) is 6.39. The number of anilines is 1. The molecule has 1 amide bonds. The van der Waals surface area contributed by atoms with Crippen LogP contribution in [0.3, 0.4) is 0 Å². The normalized spacial score (nSPS) is 10.6. The second kappa shape index (κ2) is 7.97. The summed E-state index contributed by atoms with van der Waals surface area (Å²) in [6, 6.07) is 25.1. The molecule has 3 nitrogen and oxygen atoms in total. The van der Waals surface area contributed by atoms with Gasteiger partial charge < -0.3 is 0 Å². The summed E-state index contributed by atoms with van der Waals surface area (Å²) in [5.41, 5.74) is 4.56. The molecular formula is C23H17ClN2OS. The monoisotopic (exact) mass is 404 g/mol. The Bertz CT molecular complexity index is 1100. The van der Waals surface area contributed by atoms with Crippen molar-refractivity contribution >= 4 is 34.0 Å². The van der Waals surface area contributed by atoms with E-state index in [0.29, 0.717) is 15.7 Å². The molecule has 138 valence electrons. The molecular weight excluding hydrogens is 388 g/mol. The number of carbonyl (C=O) groups excluding carboxylic acids is 1. The molecule has 5 heteroatoms. The van der Waals surface area contributed by atoms with Gasteiger partial charge in [0.05, 0.1) is 10.6 Å². The summed E-state index contributed by atoms with van der Waals surface area (Å²) in [6.45, 7) is 1.99. The molecule has 0 bridgehead atoms. The lowest BCUT2D eigenvalue weighted by atomic mass is 10.1. The van der Waals surface area contributed by atoms with Crippen molar-refractivity contribution in [2.24, 2.45) is 0 Å². The Morgan fingerprint density at radius 1 is 0.893 bits per heavy atom. The van der Waals surface area contributed by atoms with E-state index in [0.717, 1.165) is 27.3 Å². The molecule has 3 aromatic carbocycles. The first-order valence-corrected chi connectivity index (χ1v) is 10.00. The topological polar surface area (TPSA) is 42.0 Å². The van der Waals surface area contributed by atoms with Crippen LogP contribution < -0.4 is 5.32 Å². The van der Waals surface area contributed by atoms with Crippen molar-refractivity contribution in [3.63, 3.8) is 0 Å². The zero-order valence-corrected chi connectivity index (χ0v) is 16.7. The van der Waals surface area contributed by atoms with Crippen molar-refractivity contribution in [1.82, 2.24) is 4.98 Å². The summed E-state index contributed by atoms with van der Waals surface area (Å²) in [5.74, 6) is -0.170. The van der Waals surface area contributed by atoms with Crippen LogP contribution in [0, 0.1) is 6.92 Å². The molecule has 1 heterocycles. The standard InChI is InChI=1S/C23H17ClN2OS/c1-15-7-9-18(10-8-15)22(27)26-23-25-20(16-11-13-19(24)14-12-16)21(28-23)17-5-3-2-4-6-17/h2-14H,1H3,(H,25,26,27). The maximum atomic E-state index is 12.6. The van der Waals surface area contributed by atoms with E-state index in [-0.39, 0.29) is 5.91 Å². The smallest absolute Gasteiger partial charge is 0.257 e. The molecule has 0 aliphatic heterocycles. The Morgan fingerprint density at radius 2 is 1.57 bits per heavy atom. The van der Waals surface area contributed by atoms with Gasteiger partial charge in [-0.15, -0.1) is 0 Å². The van der Waals surface area contributed by atoms with Crippen LogP contribution >= 0.6 is 22.9 Å². The summed E-state index contributed by atoms with van der Waals surface area (Å²) >= 11 is 7.50. The van der Waals surface area contributed by atoms with Gasteiger partial charge in [0.1, 0.15) is 0 Å². The van der Waals surface area contributed by atoms with Gasteiger partial charge in [0, 0.05) is 16.1 Å². The van der Waals surface area contributed by atoms with Crippen LogP contribution in [0.1, 0.15) is 15.9 Å². The van der Waals surface area contributed by atoms with Crippen molar-refractivity contribution in [1.29, 1.82) is 0 Å². The van der Waals surface area contributed by atoms with Crippen LogP contribution in [0.2, 0.25) is 5.02 Å². The molecule has 4 aromatic rings. The van der Waals surface area contributed by atoms with E-state index < -0.39 is 0 Å². The average Bonchev–Trinajstić information content (AvgIpc) is 3.13. The minimum Gasteiger partial charge on any atom is -0.298 e. The number of aromatic nitrogens is 1. The summed E-state index contributed by atoms with van der Waals surface area (Å²) in [5, 5.41) is 4.17. The number of thiazole rings is 1. The number of aryl methyl sites for hydroxylation is 1. The van der Waals surface area contributed by atoms with Gasteiger partial charge in [-0.3, -0.25) is 10.1 Å². The lowest BCUT2D eigenvalue weighted by Crippen LogP contribution is -2.11. The average molecular weight is 405 g/mol. The highest BCUT2D eigenvalue weighted by atomic mass is 35.5. The van der Waals surface area contributed by atoms with E-state index >= 15 is 0 Å². The van der Waals surface area contributed by atoms with Gasteiger partial charge in [0.15, 0.2) is 5.13 Å². The Hall–Kier alpha value is -2.95. The van der Waals surface area contributed by atoms with Crippen molar-refractivity contribution in [2.75, 3.05) is 5.32 Å². The minimum absolute atomic E-state index is 0.170. The lowest BCUT2D eigenvalue weighted by molar-refractivity contribution is 0.102. The summed E-state index contributed by atoms with van der Waals surface area (Å²) in [6.07, 6.45) is 0. The third kappa shape index (κ3) is 3.98. The quantitative estimate of drug-likeness (QED) is 0.411. The molecule has 0 saturated heterocycles. The fourth-order valence-corrected chi connectivity index (χ4v) is 3.95. The Morgan fingerprint density at radius 3 is 2.25 bits per heavy atom. The zero-order valence-electron chi connectivity index (χ0n) is 15.1. The van der Waals surface area contributed by atoms with E-state index in [1.165, 1.54) is 11.3 Å². The van der Waals surface area contributed by atoms with Crippen LogP contribution in [0.15, 0.2) is 78.9 Å². The van der Waals surface area contributed by atoms with Gasteiger partial charge in [-0.25, -0.2) is 4.98 Å². The number of halogens is 1. The van der Waals surface area contributed by atoms with E-state index in [1.807, 2.05) is 85.8 Å². The summed E-state index contributed by atoms with van der Waals surface area (Å²) in [4.78, 5) is 18.3. The molecule has 0 aliphatic rings. The highest BCUT2D eigenvalue weighted by Crippen LogP contribution is 2.39. The summed E-state index contributed by atoms with van der Waals surface area (Å²) in [7, 11) is 0. The van der Waals surface area contributed by atoms with E-state index in [1.54, 1.807) is 0 Å². The van der Waals surface area contributed by atoms with Gasteiger partial charge in [-0.1, -0.05) is 83.1 Å². The van der Waals surface area contributed by atoms with Crippen molar-refractivity contribution in [2.45, 2.75) is 6.92 Å². The number of rotatable bonds is 4. The Balaban J connectivity index is 1.71. The third-order valence-corrected chi connectivity index (χ3v) is 5.59. The van der Waals surface area contributed by atoms with E-state index in [2.05, 4.69) is 5.32 Å². The molecule has 0 atom stereocenters. The number of hydrogen-bond donors (Lipinski definition) is 1. The summed E-state index contributed by atoms with van der Waals surface area (Å²) < 4.78 is 0. The van der Waals surface area contributed by atoms with Gasteiger partial charge >= 0.3 is 0 Å². The highest BCUT2D eigenvalue weighted by Gasteiger charge is 2.17. The molecule has 0 unspecified atom stereocenters. The lowest BCUT2D eigenvalue weighted by Gasteiger charge is -2.02. The van der Waals surface area contributed by atoms with Crippen LogP contribution in [-0.4, -0.2) is 10.9 Å². The van der Waals surface area contributed by atoms with E-state index in [4.69, 9.17) is 16.6 Å². The van der Waals surface area contributed by atoms with Gasteiger partial charge in [0.2, 0.25) is 0 Å². The molecule has 1 aromatic heterocycles. The fraction of sp³-hybridized carbons (Fsp3) is 0.0435. The number of nitrogens with zero attached hydrogens (tertiary/aromatic N) is 1. The van der Waals surface area contributed by atoms with Gasteiger partial charge in [-0.05, 0) is 36.8 Å². The van der Waals surface area contributed by atoms with Crippen molar-refractivity contribution in [3.05, 3.63) is 95.0 Å². The number of benzene rings is 3. The Kier molecular flexibility index (Phi) is 5.24. The second-order valence-corrected chi connectivity index (χ2v) is 7.83. The number of amides is 1. The molecule has 0 fully saturated rings. The first-order chi connectivity index (χ1) is 13.6. The SMILES string of the molecule is Cc1ccc(C(=O)Nc2nc(-c3ccc(Cl)cc3)c(-c3ccccc3)s2)cc1. The molecule has 0 aliphatic carbocycles. The molecule has 1 N–H and O–H groups in total. The molecule has 28 heavy (non-hydrogen) atoms. The Labute approximate surface area is 172 Å². The van der Waals surface area contributed by atoms with Crippen LogP contribution in [0.4, 0.5) is 5.13 Å². The fourth-order valence-electron chi connectivity index (χ4n) is 2.84. The van der Waals surface area contributed by atoms with Gasteiger partial charge in [0.25, 0.3) is 5.91 Å². The van der Waals surface area contributed by atoms with E-state index in [9.17, 15) is 4.79 Å². The molecule has 4 rings (SSSR count). The minimum atomic E-state index is -0.170. The van der Waals surface area contributed by atoms with Crippen molar-refractivity contribution in [3.8, 4) is 21.7 Å². The number of nitrogens with one attached hydrogen (secondary N) is 1. The first kappa shape index (κ1) is 18.4. The zero-order chi connectivity index (χ0) is 19.5. The van der Waals surface area contributed by atoms with Crippen LogP contribution in [0.25, 0.3) is 21.7 Å². The maximum Gasteiger partial charge on any atom is 0.257 e. The predicted octanol–water partition coefficient (Wildman–Crippen LogP) is 6.69. The number of carbonyl (C=O) groups is 1. The van der Waals surface area contributed by atoms with Crippen LogP contribution in [-0.2, 0) is 0 Å². The highest BCUT2D eigenvalue weighted by molar-refractivity contribution is 7.19. The van der Waals surface area contributed by atoms with Gasteiger partial charge in [-0.2, -0.15) is 0 Å². The van der Waals surface area contributed by atoms with Crippen LogP contribution in [0.5, 0.6) is 0 Å². The number of hydrogen-bond acceptors (Lipinski definition) is 3. The maximum absolute atomic E-state index is 12.6. The largest absolute Gasteiger partial charge is 0.298 e. The third-order valence-electron chi connectivity index (χ3n) is 4.32. The molecule has 0 radical (unpaired) electrons.